The maximum atomic E-state index is 14.3. The first kappa shape index (κ1) is 20.0. The van der Waals surface area contributed by atoms with Crippen LogP contribution in [0.1, 0.15) is 0 Å². The minimum Gasteiger partial charge on any atom is -0.484 e. The van der Waals surface area contributed by atoms with Gasteiger partial charge in [-0.05, 0) is 12.1 Å². The number of nitrogens with one attached hydrogen (secondary N) is 1. The van der Waals surface area contributed by atoms with Gasteiger partial charge in [-0.1, -0.05) is 23.2 Å². The highest BCUT2D eigenvalue weighted by Gasteiger charge is 2.20. The average molecular weight is 427 g/mol. The van der Waals surface area contributed by atoms with Crippen LogP contribution in [0.25, 0.3) is 10.9 Å². The fraction of sp³-hybridized carbons (Fsp3) is 0.176. The Balaban J connectivity index is 2.06. The third-order valence-corrected chi connectivity index (χ3v) is 4.53. The van der Waals surface area contributed by atoms with Crippen molar-refractivity contribution >= 4 is 51.3 Å². The lowest BCUT2D eigenvalue weighted by Crippen LogP contribution is -2.06. The monoisotopic (exact) mass is 426 g/mol. The molecule has 1 heterocycles. The SMILES string of the molecule is COCCOc1cc2ncnc(Nc3ccc(Cl)c(Cl)c3F)c2cc1[N+](=O)[O-]. The maximum absolute atomic E-state index is 14.3. The summed E-state index contributed by atoms with van der Waals surface area (Å²) in [6.07, 6.45) is 1.24. The number of halogens is 3. The Labute approximate surface area is 168 Å². The van der Waals surface area contributed by atoms with Crippen molar-refractivity contribution in [2.45, 2.75) is 0 Å². The van der Waals surface area contributed by atoms with Gasteiger partial charge in [0.15, 0.2) is 11.6 Å². The normalized spacial score (nSPS) is 10.9. The largest absolute Gasteiger partial charge is 0.484 e. The fourth-order valence-electron chi connectivity index (χ4n) is 2.42. The number of methoxy groups -OCH3 is 1. The summed E-state index contributed by atoms with van der Waals surface area (Å²) in [6.45, 7) is 0.399. The fourth-order valence-corrected chi connectivity index (χ4v) is 2.73. The third kappa shape index (κ3) is 4.06. The van der Waals surface area contributed by atoms with Crippen molar-refractivity contribution in [3.8, 4) is 5.75 Å². The molecular weight excluding hydrogens is 414 g/mol. The summed E-state index contributed by atoms with van der Waals surface area (Å²) in [5, 5.41) is 14.3. The molecule has 0 atom stereocenters. The first-order valence-corrected chi connectivity index (χ1v) is 8.63. The summed E-state index contributed by atoms with van der Waals surface area (Å²) in [4.78, 5) is 19.0. The van der Waals surface area contributed by atoms with Crippen molar-refractivity contribution in [2.75, 3.05) is 25.6 Å². The lowest BCUT2D eigenvalue weighted by molar-refractivity contribution is -0.385. The molecule has 1 aromatic heterocycles. The zero-order valence-corrected chi connectivity index (χ0v) is 15.9. The van der Waals surface area contributed by atoms with E-state index >= 15 is 0 Å². The molecule has 3 rings (SSSR count). The predicted octanol–water partition coefficient (Wildman–Crippen LogP) is 4.75. The van der Waals surface area contributed by atoms with Gasteiger partial charge in [0.1, 0.15) is 18.8 Å². The second-order valence-electron chi connectivity index (χ2n) is 5.51. The third-order valence-electron chi connectivity index (χ3n) is 3.75. The first-order chi connectivity index (χ1) is 13.4. The average Bonchev–Trinajstić information content (AvgIpc) is 2.68. The van der Waals surface area contributed by atoms with Gasteiger partial charge in [-0.15, -0.1) is 0 Å². The van der Waals surface area contributed by atoms with E-state index in [4.69, 9.17) is 32.7 Å². The Bertz CT molecular complexity index is 1050. The van der Waals surface area contributed by atoms with E-state index in [1.807, 2.05) is 0 Å². The molecule has 0 bridgehead atoms. The molecule has 0 unspecified atom stereocenters. The maximum Gasteiger partial charge on any atom is 0.311 e. The summed E-state index contributed by atoms with van der Waals surface area (Å²) in [5.74, 6) is -0.566. The molecule has 0 saturated carbocycles. The number of nitrogens with zero attached hydrogens (tertiary/aromatic N) is 3. The Kier molecular flexibility index (Phi) is 6.08. The number of fused-ring (bicyclic) bond motifs is 1. The van der Waals surface area contributed by atoms with Gasteiger partial charge in [0.05, 0.1) is 38.2 Å². The van der Waals surface area contributed by atoms with Crippen LogP contribution in [0.2, 0.25) is 10.0 Å². The van der Waals surface area contributed by atoms with Gasteiger partial charge in [0.2, 0.25) is 0 Å². The molecule has 0 amide bonds. The number of anilines is 2. The second-order valence-corrected chi connectivity index (χ2v) is 6.29. The standard InChI is InChI=1S/C17H13Cl2FN4O4/c1-27-4-5-28-14-7-12-9(6-13(14)24(25)26)17(22-8-21-12)23-11-3-2-10(18)15(19)16(11)20/h2-3,6-8H,4-5H2,1H3,(H,21,22,23). The van der Waals surface area contributed by atoms with Gasteiger partial charge >= 0.3 is 5.69 Å². The number of benzene rings is 2. The molecule has 0 fully saturated rings. The summed E-state index contributed by atoms with van der Waals surface area (Å²) in [7, 11) is 1.49. The van der Waals surface area contributed by atoms with Crippen LogP contribution in [0.15, 0.2) is 30.6 Å². The van der Waals surface area contributed by atoms with Crippen molar-refractivity contribution in [2.24, 2.45) is 0 Å². The van der Waals surface area contributed by atoms with Crippen molar-refractivity contribution in [3.05, 3.63) is 56.6 Å². The highest BCUT2D eigenvalue weighted by Crippen LogP contribution is 2.36. The van der Waals surface area contributed by atoms with Crippen molar-refractivity contribution < 1.29 is 18.8 Å². The lowest BCUT2D eigenvalue weighted by atomic mass is 10.2. The Morgan fingerprint density at radius 3 is 2.75 bits per heavy atom. The number of nitro groups is 1. The Morgan fingerprint density at radius 2 is 2.04 bits per heavy atom. The van der Waals surface area contributed by atoms with Crippen LogP contribution in [0.5, 0.6) is 5.75 Å². The molecule has 11 heteroatoms. The second kappa shape index (κ2) is 8.51. The molecular formula is C17H13Cl2FN4O4. The number of hydrogen-bond acceptors (Lipinski definition) is 7. The van der Waals surface area contributed by atoms with E-state index in [2.05, 4.69) is 15.3 Å². The van der Waals surface area contributed by atoms with Crippen LogP contribution in [0.3, 0.4) is 0 Å². The topological polar surface area (TPSA) is 99.4 Å². The van der Waals surface area contributed by atoms with Crippen LogP contribution < -0.4 is 10.1 Å². The number of hydrogen-bond donors (Lipinski definition) is 1. The van der Waals surface area contributed by atoms with Gasteiger partial charge in [-0.25, -0.2) is 14.4 Å². The van der Waals surface area contributed by atoms with Crippen LogP contribution in [-0.2, 0) is 4.74 Å². The first-order valence-electron chi connectivity index (χ1n) is 7.87. The Hall–Kier alpha value is -2.75. The van der Waals surface area contributed by atoms with Gasteiger partial charge in [0, 0.05) is 19.2 Å². The summed E-state index contributed by atoms with van der Waals surface area (Å²) >= 11 is 11.6. The summed E-state index contributed by atoms with van der Waals surface area (Å²) in [6, 6.07) is 5.48. The molecule has 8 nitrogen and oxygen atoms in total. The molecule has 2 aromatic carbocycles. The minimum atomic E-state index is -0.769. The number of nitro benzene ring substituents is 1. The highest BCUT2D eigenvalue weighted by atomic mass is 35.5. The van der Waals surface area contributed by atoms with Gasteiger partial charge in [-0.3, -0.25) is 10.1 Å². The van der Waals surface area contributed by atoms with Crippen molar-refractivity contribution in [1.82, 2.24) is 9.97 Å². The number of aromatic nitrogens is 2. The van der Waals surface area contributed by atoms with Crippen molar-refractivity contribution in [3.63, 3.8) is 0 Å². The van der Waals surface area contributed by atoms with E-state index in [0.717, 1.165) is 0 Å². The van der Waals surface area contributed by atoms with E-state index < -0.39 is 10.7 Å². The molecule has 28 heavy (non-hydrogen) atoms. The van der Waals surface area contributed by atoms with E-state index in [1.54, 1.807) is 0 Å². The molecule has 1 N–H and O–H groups in total. The molecule has 0 aliphatic heterocycles. The molecule has 3 aromatic rings. The number of rotatable bonds is 7. The molecule has 146 valence electrons. The molecule has 0 spiro atoms. The van der Waals surface area contributed by atoms with Gasteiger partial charge in [-0.2, -0.15) is 0 Å². The smallest absolute Gasteiger partial charge is 0.311 e. The molecule has 0 radical (unpaired) electrons. The zero-order valence-electron chi connectivity index (χ0n) is 14.4. The number of ether oxygens (including phenoxy) is 2. The lowest BCUT2D eigenvalue weighted by Gasteiger charge is -2.12. The predicted molar refractivity (Wildman–Crippen MR) is 103 cm³/mol. The van der Waals surface area contributed by atoms with Gasteiger partial charge < -0.3 is 14.8 Å². The summed E-state index contributed by atoms with van der Waals surface area (Å²) < 4.78 is 24.6. The summed E-state index contributed by atoms with van der Waals surface area (Å²) in [5.41, 5.74) is 0.101. The Morgan fingerprint density at radius 1 is 1.25 bits per heavy atom. The molecule has 0 saturated heterocycles. The van der Waals surface area contributed by atoms with E-state index in [0.29, 0.717) is 10.9 Å². The van der Waals surface area contributed by atoms with Gasteiger partial charge in [0.25, 0.3) is 0 Å². The van der Waals surface area contributed by atoms with Crippen LogP contribution in [-0.4, -0.2) is 35.2 Å². The minimum absolute atomic E-state index is 0.0116. The molecule has 0 aliphatic carbocycles. The van der Waals surface area contributed by atoms with Crippen LogP contribution >= 0.6 is 23.2 Å². The zero-order chi connectivity index (χ0) is 20.3. The van der Waals surface area contributed by atoms with E-state index in [9.17, 15) is 14.5 Å². The highest BCUT2D eigenvalue weighted by molar-refractivity contribution is 6.42. The quantitative estimate of drug-likeness (QED) is 0.251. The van der Waals surface area contributed by atoms with E-state index in [1.165, 1.54) is 37.7 Å². The van der Waals surface area contributed by atoms with Crippen LogP contribution in [0.4, 0.5) is 21.6 Å². The van der Waals surface area contributed by atoms with Crippen molar-refractivity contribution in [1.29, 1.82) is 0 Å². The van der Waals surface area contributed by atoms with E-state index in [-0.39, 0.29) is 46.2 Å². The molecule has 0 aliphatic rings. The van der Waals surface area contributed by atoms with Crippen LogP contribution in [0, 0.1) is 15.9 Å².